The van der Waals surface area contributed by atoms with E-state index < -0.39 is 11.0 Å². The summed E-state index contributed by atoms with van der Waals surface area (Å²) in [6.45, 7) is 2.67. The SMILES string of the molecule is CCN(Cc1ccco1)CC(Br)C(F)(F)F. The first kappa shape index (κ1) is 13.6. The highest BCUT2D eigenvalue weighted by Crippen LogP contribution is 2.27. The number of hydrogen-bond acceptors (Lipinski definition) is 2. The molecule has 1 atom stereocenters. The molecule has 6 heteroatoms. The Kier molecular flexibility index (Phi) is 4.86. The van der Waals surface area contributed by atoms with Crippen molar-refractivity contribution in [1.29, 1.82) is 0 Å². The fourth-order valence-electron chi connectivity index (χ4n) is 1.26. The highest BCUT2D eigenvalue weighted by molar-refractivity contribution is 9.09. The van der Waals surface area contributed by atoms with Gasteiger partial charge in [-0.2, -0.15) is 13.2 Å². The molecule has 1 aromatic heterocycles. The Bertz CT molecular complexity index is 300. The standard InChI is InChI=1S/C10H13BrF3NO/c1-2-15(6-8-4-3-5-16-8)7-9(11)10(12,13)14/h3-5,9H,2,6-7H2,1H3. The molecule has 0 aliphatic heterocycles. The predicted molar refractivity (Wildman–Crippen MR) is 58.4 cm³/mol. The predicted octanol–water partition coefficient (Wildman–Crippen LogP) is 3.43. The van der Waals surface area contributed by atoms with Crippen molar-refractivity contribution < 1.29 is 17.6 Å². The Balaban J connectivity index is 2.49. The monoisotopic (exact) mass is 299 g/mol. The first-order chi connectivity index (χ1) is 7.43. The van der Waals surface area contributed by atoms with E-state index in [-0.39, 0.29) is 6.54 Å². The minimum absolute atomic E-state index is 0.0826. The van der Waals surface area contributed by atoms with Gasteiger partial charge in [-0.3, -0.25) is 4.90 Å². The number of rotatable bonds is 5. The molecule has 0 saturated heterocycles. The van der Waals surface area contributed by atoms with Gasteiger partial charge in [0.25, 0.3) is 0 Å². The molecule has 0 fully saturated rings. The molecule has 2 nitrogen and oxygen atoms in total. The summed E-state index contributed by atoms with van der Waals surface area (Å²) >= 11 is 2.65. The normalized spacial score (nSPS) is 14.4. The molecule has 0 aliphatic rings. The van der Waals surface area contributed by atoms with Gasteiger partial charge >= 0.3 is 6.18 Å². The summed E-state index contributed by atoms with van der Waals surface area (Å²) in [6, 6.07) is 3.47. The molecule has 0 saturated carbocycles. The van der Waals surface area contributed by atoms with Gasteiger partial charge in [-0.1, -0.05) is 22.9 Å². The number of alkyl halides is 4. The topological polar surface area (TPSA) is 16.4 Å². The van der Waals surface area contributed by atoms with Crippen LogP contribution in [0.5, 0.6) is 0 Å². The number of furan rings is 1. The van der Waals surface area contributed by atoms with Crippen LogP contribution in [0.1, 0.15) is 12.7 Å². The van der Waals surface area contributed by atoms with Gasteiger partial charge in [-0.05, 0) is 18.7 Å². The van der Waals surface area contributed by atoms with Gasteiger partial charge in [0.05, 0.1) is 12.8 Å². The Labute approximate surface area is 101 Å². The summed E-state index contributed by atoms with van der Waals surface area (Å²) in [5.41, 5.74) is 0. The summed E-state index contributed by atoms with van der Waals surface area (Å²) in [4.78, 5) is 0.168. The maximum absolute atomic E-state index is 12.3. The molecular formula is C10H13BrF3NO. The zero-order valence-electron chi connectivity index (χ0n) is 8.80. The summed E-state index contributed by atoms with van der Waals surface area (Å²) in [5, 5.41) is 0. The van der Waals surface area contributed by atoms with Crippen LogP contribution in [-0.2, 0) is 6.54 Å². The second-order valence-corrected chi connectivity index (χ2v) is 4.52. The van der Waals surface area contributed by atoms with E-state index >= 15 is 0 Å². The maximum atomic E-state index is 12.3. The van der Waals surface area contributed by atoms with Crippen LogP contribution < -0.4 is 0 Å². The van der Waals surface area contributed by atoms with Crippen molar-refractivity contribution in [3.63, 3.8) is 0 Å². The third-order valence-electron chi connectivity index (χ3n) is 2.18. The quantitative estimate of drug-likeness (QED) is 0.775. The van der Waals surface area contributed by atoms with Gasteiger partial charge in [0.15, 0.2) is 0 Å². The first-order valence-electron chi connectivity index (χ1n) is 4.89. The maximum Gasteiger partial charge on any atom is 0.402 e. The van der Waals surface area contributed by atoms with Crippen LogP contribution in [-0.4, -0.2) is 29.0 Å². The Morgan fingerprint density at radius 1 is 1.50 bits per heavy atom. The molecule has 0 radical (unpaired) electrons. The van der Waals surface area contributed by atoms with Gasteiger partial charge in [-0.15, -0.1) is 0 Å². The van der Waals surface area contributed by atoms with Crippen molar-refractivity contribution in [2.75, 3.05) is 13.1 Å². The summed E-state index contributed by atoms with van der Waals surface area (Å²) < 4.78 is 42.1. The minimum Gasteiger partial charge on any atom is -0.468 e. The molecule has 92 valence electrons. The van der Waals surface area contributed by atoms with E-state index in [0.29, 0.717) is 18.8 Å². The van der Waals surface area contributed by atoms with Crippen molar-refractivity contribution >= 4 is 15.9 Å². The highest BCUT2D eigenvalue weighted by Gasteiger charge is 2.38. The fraction of sp³-hybridized carbons (Fsp3) is 0.600. The van der Waals surface area contributed by atoms with Crippen LogP contribution in [0, 0.1) is 0 Å². The van der Waals surface area contributed by atoms with Crippen LogP contribution in [0.4, 0.5) is 13.2 Å². The number of nitrogens with zero attached hydrogens (tertiary/aromatic N) is 1. The van der Waals surface area contributed by atoms with E-state index in [1.807, 2.05) is 6.92 Å². The molecule has 0 amide bonds. The van der Waals surface area contributed by atoms with Crippen LogP contribution >= 0.6 is 15.9 Å². The molecule has 1 rings (SSSR count). The number of hydrogen-bond donors (Lipinski definition) is 0. The smallest absolute Gasteiger partial charge is 0.402 e. The molecular weight excluding hydrogens is 287 g/mol. The second kappa shape index (κ2) is 5.72. The van der Waals surface area contributed by atoms with E-state index in [9.17, 15) is 13.2 Å². The first-order valence-corrected chi connectivity index (χ1v) is 5.80. The van der Waals surface area contributed by atoms with Crippen LogP contribution in [0.25, 0.3) is 0 Å². The number of halogens is 4. The molecule has 16 heavy (non-hydrogen) atoms. The van der Waals surface area contributed by atoms with Crippen LogP contribution in [0.3, 0.4) is 0 Å². The molecule has 0 aromatic carbocycles. The third kappa shape index (κ3) is 4.17. The highest BCUT2D eigenvalue weighted by atomic mass is 79.9. The molecule has 1 heterocycles. The largest absolute Gasteiger partial charge is 0.468 e. The van der Waals surface area contributed by atoms with Gasteiger partial charge in [0.1, 0.15) is 10.6 Å². The average molecular weight is 300 g/mol. The lowest BCUT2D eigenvalue weighted by molar-refractivity contribution is -0.130. The molecule has 1 aromatic rings. The molecule has 0 bridgehead atoms. The lowest BCUT2D eigenvalue weighted by Crippen LogP contribution is -2.36. The van der Waals surface area contributed by atoms with Gasteiger partial charge in [0, 0.05) is 6.54 Å². The fourth-order valence-corrected chi connectivity index (χ4v) is 1.67. The zero-order chi connectivity index (χ0) is 12.2. The van der Waals surface area contributed by atoms with Crippen molar-refractivity contribution in [3.05, 3.63) is 24.2 Å². The molecule has 0 spiro atoms. The molecule has 0 aliphatic carbocycles. The Morgan fingerprint density at radius 2 is 2.19 bits per heavy atom. The van der Waals surface area contributed by atoms with E-state index in [1.54, 1.807) is 17.0 Å². The second-order valence-electron chi connectivity index (χ2n) is 3.42. The summed E-state index contributed by atoms with van der Waals surface area (Å²) in [5.74, 6) is 0.670. The van der Waals surface area contributed by atoms with E-state index in [2.05, 4.69) is 15.9 Å². The van der Waals surface area contributed by atoms with Crippen molar-refractivity contribution in [1.82, 2.24) is 4.90 Å². The van der Waals surface area contributed by atoms with E-state index in [1.165, 1.54) is 6.26 Å². The summed E-state index contributed by atoms with van der Waals surface area (Å²) in [7, 11) is 0. The molecule has 1 unspecified atom stereocenters. The van der Waals surface area contributed by atoms with Crippen LogP contribution in [0.15, 0.2) is 22.8 Å². The van der Waals surface area contributed by atoms with Gasteiger partial charge in [0.2, 0.25) is 0 Å². The lowest BCUT2D eigenvalue weighted by Gasteiger charge is -2.23. The summed E-state index contributed by atoms with van der Waals surface area (Å²) in [6.07, 6.45) is -2.70. The lowest BCUT2D eigenvalue weighted by atomic mass is 10.3. The van der Waals surface area contributed by atoms with E-state index in [0.717, 1.165) is 0 Å². The Morgan fingerprint density at radius 3 is 2.62 bits per heavy atom. The van der Waals surface area contributed by atoms with Crippen molar-refractivity contribution in [2.24, 2.45) is 0 Å². The van der Waals surface area contributed by atoms with Crippen molar-refractivity contribution in [2.45, 2.75) is 24.5 Å². The van der Waals surface area contributed by atoms with Gasteiger partial charge < -0.3 is 4.42 Å². The zero-order valence-corrected chi connectivity index (χ0v) is 10.4. The van der Waals surface area contributed by atoms with Crippen molar-refractivity contribution in [3.8, 4) is 0 Å². The Hall–Kier alpha value is -0.490. The van der Waals surface area contributed by atoms with E-state index in [4.69, 9.17) is 4.42 Å². The van der Waals surface area contributed by atoms with Crippen LogP contribution in [0.2, 0.25) is 0 Å². The third-order valence-corrected chi connectivity index (χ3v) is 2.99. The van der Waals surface area contributed by atoms with Gasteiger partial charge in [-0.25, -0.2) is 0 Å². The average Bonchev–Trinajstić information content (AvgIpc) is 2.67. The minimum atomic E-state index is -4.21. The molecule has 0 N–H and O–H groups in total.